The van der Waals surface area contributed by atoms with Crippen molar-refractivity contribution < 1.29 is 9.18 Å². The predicted molar refractivity (Wildman–Crippen MR) is 137 cm³/mol. The summed E-state index contributed by atoms with van der Waals surface area (Å²) in [5.74, 6) is 0.153. The van der Waals surface area contributed by atoms with Crippen molar-refractivity contribution in [2.45, 2.75) is 12.8 Å². The molecule has 8 nitrogen and oxygen atoms in total. The van der Waals surface area contributed by atoms with Crippen molar-refractivity contribution in [3.63, 3.8) is 0 Å². The average molecular weight is 496 g/mol. The minimum atomic E-state index is -0.420. The summed E-state index contributed by atoms with van der Waals surface area (Å²) in [5.41, 5.74) is 6.00. The second-order valence-corrected chi connectivity index (χ2v) is 9.61. The highest BCUT2D eigenvalue weighted by Gasteiger charge is 2.29. The number of anilines is 1. The summed E-state index contributed by atoms with van der Waals surface area (Å²) >= 11 is 1.62. The van der Waals surface area contributed by atoms with Crippen LogP contribution < -0.4 is 5.32 Å². The zero-order chi connectivity index (χ0) is 24.2. The van der Waals surface area contributed by atoms with Gasteiger partial charge in [0.05, 0.1) is 17.4 Å². The fraction of sp³-hybridized carbons (Fsp3) is 0.115. The summed E-state index contributed by atoms with van der Waals surface area (Å²) in [6, 6.07) is 8.85. The summed E-state index contributed by atoms with van der Waals surface area (Å²) in [7, 11) is 0. The van der Waals surface area contributed by atoms with Gasteiger partial charge >= 0.3 is 0 Å². The van der Waals surface area contributed by atoms with Gasteiger partial charge < -0.3 is 10.3 Å². The number of aromatic amines is 2. The lowest BCUT2D eigenvalue weighted by Crippen LogP contribution is -2.13. The van der Waals surface area contributed by atoms with Crippen LogP contribution in [0.1, 0.15) is 12.8 Å². The highest BCUT2D eigenvalue weighted by Crippen LogP contribution is 2.35. The Bertz CT molecular complexity index is 1770. The highest BCUT2D eigenvalue weighted by atomic mass is 32.1. The molecule has 5 heterocycles. The zero-order valence-electron chi connectivity index (χ0n) is 18.7. The van der Waals surface area contributed by atoms with Gasteiger partial charge in [-0.3, -0.25) is 14.9 Å². The summed E-state index contributed by atoms with van der Waals surface area (Å²) in [4.78, 5) is 28.9. The lowest BCUT2D eigenvalue weighted by Gasteiger charge is -2.08. The first-order chi connectivity index (χ1) is 17.6. The molecule has 0 spiro atoms. The number of nitrogens with one attached hydrogen (secondary N) is 3. The third-order valence-corrected chi connectivity index (χ3v) is 7.04. The minimum Gasteiger partial charge on any atom is -0.324 e. The molecule has 0 unspecified atom stereocenters. The zero-order valence-corrected chi connectivity index (χ0v) is 19.6. The smallest absolute Gasteiger partial charge is 0.227 e. The number of H-pyrrole nitrogens is 2. The molecule has 0 atom stereocenters. The maximum Gasteiger partial charge on any atom is 0.227 e. The van der Waals surface area contributed by atoms with Crippen molar-refractivity contribution in [3.05, 3.63) is 65.5 Å². The number of nitrogens with zero attached hydrogens (tertiary/aromatic N) is 4. The molecule has 0 radical (unpaired) electrons. The van der Waals surface area contributed by atoms with Gasteiger partial charge in [-0.15, -0.1) is 0 Å². The van der Waals surface area contributed by atoms with Crippen molar-refractivity contribution in [2.24, 2.45) is 5.92 Å². The lowest BCUT2D eigenvalue weighted by molar-refractivity contribution is -0.117. The van der Waals surface area contributed by atoms with Crippen molar-refractivity contribution in [3.8, 4) is 33.8 Å². The number of benzene rings is 1. The third kappa shape index (κ3) is 3.54. The van der Waals surface area contributed by atoms with Crippen molar-refractivity contribution in [2.75, 3.05) is 5.32 Å². The van der Waals surface area contributed by atoms with Crippen LogP contribution in [0.15, 0.2) is 59.7 Å². The molecule has 36 heavy (non-hydrogen) atoms. The van der Waals surface area contributed by atoms with E-state index in [0.717, 1.165) is 29.5 Å². The number of imidazole rings is 1. The van der Waals surface area contributed by atoms with Crippen LogP contribution in [0, 0.1) is 11.7 Å². The molecule has 0 saturated heterocycles. The summed E-state index contributed by atoms with van der Waals surface area (Å²) < 4.78 is 15.1. The Labute approximate surface area is 207 Å². The molecule has 0 bridgehead atoms. The fourth-order valence-electron chi connectivity index (χ4n) is 4.36. The number of hydrogen-bond acceptors (Lipinski definition) is 6. The second kappa shape index (κ2) is 8.06. The number of aromatic nitrogens is 6. The van der Waals surface area contributed by atoms with E-state index in [2.05, 4.69) is 35.8 Å². The molecule has 1 fully saturated rings. The molecule has 1 aliphatic rings. The largest absolute Gasteiger partial charge is 0.324 e. The van der Waals surface area contributed by atoms with Gasteiger partial charge in [0.25, 0.3) is 0 Å². The number of carbonyl (C=O) groups is 1. The van der Waals surface area contributed by atoms with E-state index in [4.69, 9.17) is 4.98 Å². The van der Waals surface area contributed by atoms with Gasteiger partial charge in [0, 0.05) is 46.5 Å². The van der Waals surface area contributed by atoms with E-state index < -0.39 is 5.82 Å². The van der Waals surface area contributed by atoms with Crippen molar-refractivity contribution in [1.29, 1.82) is 0 Å². The van der Waals surface area contributed by atoms with Crippen LogP contribution in [-0.2, 0) is 4.79 Å². The molecular formula is C26H18FN7OS. The Morgan fingerprint density at radius 3 is 2.86 bits per heavy atom. The maximum atomic E-state index is 15.1. The molecule has 1 aromatic carbocycles. The maximum absolute atomic E-state index is 15.1. The van der Waals surface area contributed by atoms with E-state index in [1.165, 1.54) is 6.07 Å². The topological polar surface area (TPSA) is 112 Å². The second-order valence-electron chi connectivity index (χ2n) is 8.83. The molecule has 3 N–H and O–H groups in total. The molecule has 1 amide bonds. The predicted octanol–water partition coefficient (Wildman–Crippen LogP) is 5.78. The number of thiophene rings is 1. The number of halogens is 1. The number of hydrogen-bond donors (Lipinski definition) is 3. The quantitative estimate of drug-likeness (QED) is 0.281. The van der Waals surface area contributed by atoms with Gasteiger partial charge in [0.2, 0.25) is 5.91 Å². The van der Waals surface area contributed by atoms with Crippen LogP contribution >= 0.6 is 11.3 Å². The first-order valence-electron chi connectivity index (χ1n) is 11.5. The van der Waals surface area contributed by atoms with Gasteiger partial charge in [-0.05, 0) is 53.4 Å². The SMILES string of the molecule is O=C(Nc1cncc(-c2cc3c(-c4nc5c(-c6ccsc6)ccnc5[nH]4)n[nH]c3cc2F)c1)C1CC1. The molecule has 1 saturated carbocycles. The Balaban J connectivity index is 1.31. The minimum absolute atomic E-state index is 0.0256. The van der Waals surface area contributed by atoms with E-state index in [0.29, 0.717) is 44.9 Å². The summed E-state index contributed by atoms with van der Waals surface area (Å²) in [5, 5.41) is 15.0. The standard InChI is InChI=1S/C26H18FN7OS/c27-20-9-21-19(8-18(20)15-7-16(11-28-10-15)30-26(35)13-1-2-13)23(34-33-21)25-31-22-17(14-4-6-36-12-14)3-5-29-24(22)32-25/h3-13H,1-2H2,(H,30,35)(H,33,34)(H,29,31,32). The Kier molecular flexibility index (Phi) is 4.68. The van der Waals surface area contributed by atoms with E-state index in [-0.39, 0.29) is 11.8 Å². The molecular weight excluding hydrogens is 477 g/mol. The third-order valence-electron chi connectivity index (χ3n) is 6.36. The first-order valence-corrected chi connectivity index (χ1v) is 12.4. The van der Waals surface area contributed by atoms with Gasteiger partial charge in [0.1, 0.15) is 17.0 Å². The average Bonchev–Trinajstić information content (AvgIpc) is 3.26. The molecule has 0 aliphatic heterocycles. The van der Waals surface area contributed by atoms with Crippen molar-refractivity contribution in [1.82, 2.24) is 30.1 Å². The molecule has 7 rings (SSSR count). The monoisotopic (exact) mass is 495 g/mol. The Morgan fingerprint density at radius 1 is 1.11 bits per heavy atom. The number of amides is 1. The fourth-order valence-corrected chi connectivity index (χ4v) is 5.01. The summed E-state index contributed by atoms with van der Waals surface area (Å²) in [6.07, 6.45) is 6.69. The molecule has 10 heteroatoms. The molecule has 176 valence electrons. The van der Waals surface area contributed by atoms with E-state index in [1.807, 2.05) is 17.5 Å². The highest BCUT2D eigenvalue weighted by molar-refractivity contribution is 7.08. The number of fused-ring (bicyclic) bond motifs is 2. The molecule has 5 aromatic heterocycles. The molecule has 6 aromatic rings. The summed E-state index contributed by atoms with van der Waals surface area (Å²) in [6.45, 7) is 0. The van der Waals surface area contributed by atoms with E-state index in [9.17, 15) is 4.79 Å². The van der Waals surface area contributed by atoms with Crippen LogP contribution in [0.3, 0.4) is 0 Å². The van der Waals surface area contributed by atoms with Crippen molar-refractivity contribution >= 4 is 45.0 Å². The normalized spacial score (nSPS) is 13.5. The lowest BCUT2D eigenvalue weighted by atomic mass is 10.0. The van der Waals surface area contributed by atoms with Gasteiger partial charge in [0.15, 0.2) is 11.5 Å². The number of rotatable bonds is 5. The van der Waals surface area contributed by atoms with Crippen LogP contribution in [0.5, 0.6) is 0 Å². The van der Waals surface area contributed by atoms with Crippen LogP contribution in [0.25, 0.3) is 55.8 Å². The number of pyridine rings is 2. The Morgan fingerprint density at radius 2 is 2.03 bits per heavy atom. The molecule has 1 aliphatic carbocycles. The van der Waals surface area contributed by atoms with Gasteiger partial charge in [-0.1, -0.05) is 0 Å². The van der Waals surface area contributed by atoms with E-state index >= 15 is 4.39 Å². The van der Waals surface area contributed by atoms with Gasteiger partial charge in [-0.25, -0.2) is 14.4 Å². The van der Waals surface area contributed by atoms with Gasteiger partial charge in [-0.2, -0.15) is 16.4 Å². The first kappa shape index (κ1) is 20.9. The number of carbonyl (C=O) groups excluding carboxylic acids is 1. The van der Waals surface area contributed by atoms with Crippen LogP contribution in [-0.4, -0.2) is 36.0 Å². The Hall–Kier alpha value is -4.44. The van der Waals surface area contributed by atoms with Crippen LogP contribution in [0.4, 0.5) is 10.1 Å². The van der Waals surface area contributed by atoms with Crippen LogP contribution in [0.2, 0.25) is 0 Å². The van der Waals surface area contributed by atoms with E-state index in [1.54, 1.807) is 42.1 Å².